The molecule has 1 N–H and O–H groups in total. The lowest BCUT2D eigenvalue weighted by Gasteiger charge is -2.14. The van der Waals surface area contributed by atoms with Gasteiger partial charge in [-0.2, -0.15) is 0 Å². The standard InChI is InChI=1S/C14H18O5/c1-4-9(15)5-6-10-11(18-2)7-8-12(19-3)13(10)14(16)17/h7-8H,4-6H2,1-3H3,(H,16,17). The third-order valence-electron chi connectivity index (χ3n) is 2.93. The molecule has 0 aliphatic rings. The molecule has 0 aliphatic carbocycles. The Bertz CT molecular complexity index is 479. The lowest BCUT2D eigenvalue weighted by atomic mass is 9.98. The fourth-order valence-corrected chi connectivity index (χ4v) is 1.89. The number of ether oxygens (including phenoxy) is 2. The van der Waals surface area contributed by atoms with Crippen molar-refractivity contribution in [1.29, 1.82) is 0 Å². The number of carbonyl (C=O) groups is 2. The predicted molar refractivity (Wildman–Crippen MR) is 70.1 cm³/mol. The minimum Gasteiger partial charge on any atom is -0.496 e. The fraction of sp³-hybridized carbons (Fsp3) is 0.429. The lowest BCUT2D eigenvalue weighted by molar-refractivity contribution is -0.118. The molecule has 0 unspecified atom stereocenters. The summed E-state index contributed by atoms with van der Waals surface area (Å²) in [6.07, 6.45) is 1.06. The van der Waals surface area contributed by atoms with Gasteiger partial charge in [0.15, 0.2) is 0 Å². The van der Waals surface area contributed by atoms with Gasteiger partial charge in [-0.3, -0.25) is 4.79 Å². The first kappa shape index (κ1) is 15.0. The molecule has 0 amide bonds. The Morgan fingerprint density at radius 3 is 2.21 bits per heavy atom. The summed E-state index contributed by atoms with van der Waals surface area (Å²) in [6, 6.07) is 3.20. The second-order valence-corrected chi connectivity index (χ2v) is 4.02. The summed E-state index contributed by atoms with van der Waals surface area (Å²) in [4.78, 5) is 22.8. The van der Waals surface area contributed by atoms with Crippen LogP contribution in [0.3, 0.4) is 0 Å². The molecule has 0 saturated carbocycles. The SMILES string of the molecule is CCC(=O)CCc1c(OC)ccc(OC)c1C(=O)O. The number of carbonyl (C=O) groups excluding carboxylic acids is 1. The van der Waals surface area contributed by atoms with Crippen molar-refractivity contribution in [2.24, 2.45) is 0 Å². The largest absolute Gasteiger partial charge is 0.496 e. The third kappa shape index (κ3) is 3.47. The van der Waals surface area contributed by atoms with E-state index in [-0.39, 0.29) is 17.1 Å². The van der Waals surface area contributed by atoms with Gasteiger partial charge in [-0.1, -0.05) is 6.92 Å². The van der Waals surface area contributed by atoms with Crippen LogP contribution in [0.2, 0.25) is 0 Å². The summed E-state index contributed by atoms with van der Waals surface area (Å²) < 4.78 is 10.2. The van der Waals surface area contributed by atoms with Crippen molar-refractivity contribution >= 4 is 11.8 Å². The Labute approximate surface area is 112 Å². The Balaban J connectivity index is 3.22. The number of carboxylic acid groups (broad SMARTS) is 1. The van der Waals surface area contributed by atoms with Crippen molar-refractivity contribution in [3.8, 4) is 11.5 Å². The van der Waals surface area contributed by atoms with Crippen LogP contribution in [0.25, 0.3) is 0 Å². The quantitative estimate of drug-likeness (QED) is 0.819. The highest BCUT2D eigenvalue weighted by Crippen LogP contribution is 2.31. The van der Waals surface area contributed by atoms with Crippen molar-refractivity contribution < 1.29 is 24.2 Å². The van der Waals surface area contributed by atoms with Gasteiger partial charge in [-0.05, 0) is 18.6 Å². The Morgan fingerprint density at radius 1 is 1.16 bits per heavy atom. The number of benzene rings is 1. The van der Waals surface area contributed by atoms with Crippen LogP contribution in [0.5, 0.6) is 11.5 Å². The molecule has 1 aromatic carbocycles. The second kappa shape index (κ2) is 6.78. The van der Waals surface area contributed by atoms with Gasteiger partial charge in [0.05, 0.1) is 14.2 Å². The van der Waals surface area contributed by atoms with E-state index < -0.39 is 5.97 Å². The highest BCUT2D eigenvalue weighted by molar-refractivity contribution is 5.94. The minimum atomic E-state index is -1.09. The normalized spacial score (nSPS) is 10.1. The zero-order valence-corrected chi connectivity index (χ0v) is 11.4. The van der Waals surface area contributed by atoms with Gasteiger partial charge < -0.3 is 14.6 Å². The molecule has 104 valence electrons. The second-order valence-electron chi connectivity index (χ2n) is 4.02. The van der Waals surface area contributed by atoms with E-state index in [4.69, 9.17) is 9.47 Å². The number of carboxylic acids is 1. The molecule has 0 heterocycles. The number of methoxy groups -OCH3 is 2. The zero-order valence-electron chi connectivity index (χ0n) is 11.4. The highest BCUT2D eigenvalue weighted by atomic mass is 16.5. The number of rotatable bonds is 7. The van der Waals surface area contributed by atoms with Gasteiger partial charge in [0.1, 0.15) is 22.8 Å². The van der Waals surface area contributed by atoms with Gasteiger partial charge in [-0.25, -0.2) is 4.79 Å². The molecule has 1 aromatic rings. The highest BCUT2D eigenvalue weighted by Gasteiger charge is 2.20. The van der Waals surface area contributed by atoms with Crippen LogP contribution in [0.15, 0.2) is 12.1 Å². The lowest BCUT2D eigenvalue weighted by Crippen LogP contribution is -2.09. The molecule has 0 radical (unpaired) electrons. The maximum Gasteiger partial charge on any atom is 0.339 e. The molecular formula is C14H18O5. The van der Waals surface area contributed by atoms with Crippen LogP contribution in [0, 0.1) is 0 Å². The smallest absolute Gasteiger partial charge is 0.339 e. The van der Waals surface area contributed by atoms with E-state index in [2.05, 4.69) is 0 Å². The van der Waals surface area contributed by atoms with Crippen molar-refractivity contribution in [1.82, 2.24) is 0 Å². The Kier molecular flexibility index (Phi) is 5.36. The summed E-state index contributed by atoms with van der Waals surface area (Å²) in [5.41, 5.74) is 0.557. The van der Waals surface area contributed by atoms with E-state index in [1.165, 1.54) is 14.2 Å². The first-order valence-electron chi connectivity index (χ1n) is 6.04. The van der Waals surface area contributed by atoms with E-state index in [1.807, 2.05) is 0 Å². The van der Waals surface area contributed by atoms with Crippen molar-refractivity contribution in [2.75, 3.05) is 14.2 Å². The van der Waals surface area contributed by atoms with E-state index in [0.717, 1.165) is 0 Å². The molecule has 0 saturated heterocycles. The summed E-state index contributed by atoms with van der Waals surface area (Å²) >= 11 is 0. The van der Waals surface area contributed by atoms with Crippen LogP contribution >= 0.6 is 0 Å². The minimum absolute atomic E-state index is 0.0609. The molecule has 0 atom stereocenters. The summed E-state index contributed by atoms with van der Waals surface area (Å²) in [5, 5.41) is 9.30. The molecule has 0 aliphatic heterocycles. The van der Waals surface area contributed by atoms with Crippen LogP contribution in [0.4, 0.5) is 0 Å². The summed E-state index contributed by atoms with van der Waals surface area (Å²) in [5.74, 6) is -0.273. The third-order valence-corrected chi connectivity index (χ3v) is 2.93. The average Bonchev–Trinajstić information content (AvgIpc) is 2.42. The number of Topliss-reactive ketones (excluding diaryl/α,β-unsaturated/α-hetero) is 1. The maximum atomic E-state index is 11.4. The molecule has 0 fully saturated rings. The molecule has 0 aromatic heterocycles. The average molecular weight is 266 g/mol. The Hall–Kier alpha value is -2.04. The topological polar surface area (TPSA) is 72.8 Å². The van der Waals surface area contributed by atoms with E-state index in [1.54, 1.807) is 19.1 Å². The first-order chi connectivity index (χ1) is 9.04. The van der Waals surface area contributed by atoms with Crippen molar-refractivity contribution in [3.63, 3.8) is 0 Å². The molecule has 5 nitrogen and oxygen atoms in total. The van der Waals surface area contributed by atoms with Gasteiger partial charge in [-0.15, -0.1) is 0 Å². The molecule has 5 heteroatoms. The van der Waals surface area contributed by atoms with Gasteiger partial charge in [0.2, 0.25) is 0 Å². The van der Waals surface area contributed by atoms with Crippen LogP contribution in [-0.2, 0) is 11.2 Å². The zero-order chi connectivity index (χ0) is 14.4. The first-order valence-corrected chi connectivity index (χ1v) is 6.04. The molecular weight excluding hydrogens is 248 g/mol. The number of aromatic carboxylic acids is 1. The number of hydrogen-bond donors (Lipinski definition) is 1. The number of ketones is 1. The monoisotopic (exact) mass is 266 g/mol. The maximum absolute atomic E-state index is 11.4. The van der Waals surface area contributed by atoms with E-state index >= 15 is 0 Å². The molecule has 0 spiro atoms. The Morgan fingerprint density at radius 2 is 1.74 bits per heavy atom. The van der Waals surface area contributed by atoms with Crippen LogP contribution in [-0.4, -0.2) is 31.1 Å². The summed E-state index contributed by atoms with van der Waals surface area (Å²) in [6.45, 7) is 1.78. The van der Waals surface area contributed by atoms with Gasteiger partial charge >= 0.3 is 5.97 Å². The molecule has 1 rings (SSSR count). The number of hydrogen-bond acceptors (Lipinski definition) is 4. The predicted octanol–water partition coefficient (Wildman–Crippen LogP) is 2.31. The van der Waals surface area contributed by atoms with Gasteiger partial charge in [0.25, 0.3) is 0 Å². The van der Waals surface area contributed by atoms with Crippen LogP contribution in [0.1, 0.15) is 35.7 Å². The van der Waals surface area contributed by atoms with Gasteiger partial charge in [0, 0.05) is 18.4 Å². The van der Waals surface area contributed by atoms with E-state index in [0.29, 0.717) is 30.6 Å². The van der Waals surface area contributed by atoms with Crippen molar-refractivity contribution in [2.45, 2.75) is 26.2 Å². The van der Waals surface area contributed by atoms with E-state index in [9.17, 15) is 14.7 Å². The molecule has 19 heavy (non-hydrogen) atoms. The van der Waals surface area contributed by atoms with Crippen LogP contribution < -0.4 is 9.47 Å². The summed E-state index contributed by atoms with van der Waals surface area (Å²) in [7, 11) is 2.88. The fourth-order valence-electron chi connectivity index (χ4n) is 1.89. The molecule has 0 bridgehead atoms. The van der Waals surface area contributed by atoms with Crippen molar-refractivity contribution in [3.05, 3.63) is 23.3 Å².